The zero-order valence-corrected chi connectivity index (χ0v) is 19.6. The predicted molar refractivity (Wildman–Crippen MR) is 136 cm³/mol. The van der Waals surface area contributed by atoms with E-state index in [1.54, 1.807) is 0 Å². The van der Waals surface area contributed by atoms with Crippen LogP contribution in [0.25, 0.3) is 16.9 Å². The highest BCUT2D eigenvalue weighted by molar-refractivity contribution is 9.10. The van der Waals surface area contributed by atoms with Gasteiger partial charge in [-0.1, -0.05) is 74.3 Å². The Morgan fingerprint density at radius 1 is 0.710 bits per heavy atom. The first-order valence-electron chi connectivity index (χ1n) is 9.84. The molecule has 2 aliphatic heterocycles. The Hall–Kier alpha value is -2.95. The fraction of sp³-hybridized carbons (Fsp3) is 0. The molecule has 0 aliphatic carbocycles. The molecule has 0 fully saturated rings. The largest absolute Gasteiger partial charge is 0.457 e. The maximum absolute atomic E-state index is 6.27. The Morgan fingerprint density at radius 2 is 1.39 bits per heavy atom. The van der Waals surface area contributed by atoms with E-state index in [2.05, 4.69) is 97.5 Å². The van der Waals surface area contributed by atoms with Gasteiger partial charge in [-0.15, -0.1) is 0 Å². The van der Waals surface area contributed by atoms with Crippen LogP contribution in [0.5, 0.6) is 0 Å². The predicted octanol–water partition coefficient (Wildman–Crippen LogP) is 8.35. The molecular weight excluding hydrogens is 514 g/mol. The van der Waals surface area contributed by atoms with E-state index in [-0.39, 0.29) is 0 Å². The Kier molecular flexibility index (Phi) is 5.58. The van der Waals surface area contributed by atoms with Crippen LogP contribution in [0.15, 0.2) is 117 Å². The van der Waals surface area contributed by atoms with E-state index in [9.17, 15) is 0 Å². The van der Waals surface area contributed by atoms with Gasteiger partial charge in [0, 0.05) is 31.9 Å². The quantitative estimate of drug-likeness (QED) is 0.333. The molecule has 0 amide bonds. The number of nitrogens with zero attached hydrogens (tertiary/aromatic N) is 1. The van der Waals surface area contributed by atoms with Gasteiger partial charge in [0.1, 0.15) is 11.5 Å². The second-order valence-corrected chi connectivity index (χ2v) is 9.02. The number of aliphatic imine (C=N–C) groups is 1. The van der Waals surface area contributed by atoms with Crippen LogP contribution < -0.4 is 0 Å². The molecule has 0 spiro atoms. The minimum Gasteiger partial charge on any atom is -0.457 e. The number of hydrogen-bond acceptors (Lipinski definition) is 2. The summed E-state index contributed by atoms with van der Waals surface area (Å²) in [6.07, 6.45) is 10.1. The molecule has 0 saturated carbocycles. The standard InChI is InChI=1S/C27H17Br2NO/c28-22-10-5-18(6-11-22)21-15-24(31-27(16-21)19-7-12-23(29)13-8-19)14-9-20-17-30-26-4-2-1-3-25(20)26/h1-17H. The van der Waals surface area contributed by atoms with E-state index in [0.717, 1.165) is 54.0 Å². The van der Waals surface area contributed by atoms with Crippen molar-refractivity contribution in [1.29, 1.82) is 0 Å². The van der Waals surface area contributed by atoms with E-state index in [4.69, 9.17) is 4.74 Å². The lowest BCUT2D eigenvalue weighted by atomic mass is 10.0. The zero-order valence-electron chi connectivity index (χ0n) is 16.4. The summed E-state index contributed by atoms with van der Waals surface area (Å²) in [5.74, 6) is 1.60. The molecule has 2 heterocycles. The molecule has 0 N–H and O–H groups in total. The van der Waals surface area contributed by atoms with Crippen LogP contribution in [0.1, 0.15) is 16.7 Å². The van der Waals surface area contributed by atoms with Gasteiger partial charge in [-0.2, -0.15) is 0 Å². The van der Waals surface area contributed by atoms with Crippen molar-refractivity contribution in [3.05, 3.63) is 128 Å². The molecule has 5 rings (SSSR count). The lowest BCUT2D eigenvalue weighted by Gasteiger charge is -2.18. The zero-order chi connectivity index (χ0) is 21.2. The Morgan fingerprint density at radius 3 is 2.13 bits per heavy atom. The summed E-state index contributed by atoms with van der Waals surface area (Å²) in [4.78, 5) is 4.49. The second kappa shape index (κ2) is 8.66. The summed E-state index contributed by atoms with van der Waals surface area (Å²) in [5, 5.41) is 0. The number of rotatable bonds is 3. The van der Waals surface area contributed by atoms with Gasteiger partial charge in [-0.25, -0.2) is 0 Å². The average Bonchev–Trinajstić information content (AvgIpc) is 3.22. The second-order valence-electron chi connectivity index (χ2n) is 7.19. The van der Waals surface area contributed by atoms with Crippen LogP contribution in [0.2, 0.25) is 0 Å². The summed E-state index contributed by atoms with van der Waals surface area (Å²) >= 11 is 7.02. The topological polar surface area (TPSA) is 21.6 Å². The van der Waals surface area contributed by atoms with Crippen LogP contribution in [-0.4, -0.2) is 6.21 Å². The number of halogens is 2. The molecule has 0 bridgehead atoms. The lowest BCUT2D eigenvalue weighted by molar-refractivity contribution is 0.398. The van der Waals surface area contributed by atoms with Gasteiger partial charge in [-0.05, 0) is 65.8 Å². The maximum atomic E-state index is 6.27. The van der Waals surface area contributed by atoms with Crippen molar-refractivity contribution < 1.29 is 4.74 Å². The van der Waals surface area contributed by atoms with Crippen LogP contribution in [-0.2, 0) is 4.74 Å². The molecule has 4 heteroatoms. The fourth-order valence-corrected chi connectivity index (χ4v) is 4.04. The molecular formula is C27H17Br2NO. The van der Waals surface area contributed by atoms with Crippen molar-refractivity contribution in [2.45, 2.75) is 0 Å². The number of allylic oxidation sites excluding steroid dienone is 6. The van der Waals surface area contributed by atoms with Crippen LogP contribution in [0, 0.1) is 0 Å². The highest BCUT2D eigenvalue weighted by Crippen LogP contribution is 2.34. The third-order valence-electron chi connectivity index (χ3n) is 5.10. The van der Waals surface area contributed by atoms with Gasteiger partial charge < -0.3 is 4.74 Å². The third-order valence-corrected chi connectivity index (χ3v) is 6.16. The van der Waals surface area contributed by atoms with Crippen LogP contribution in [0.3, 0.4) is 0 Å². The number of benzene rings is 3. The Labute approximate surface area is 198 Å². The minimum absolute atomic E-state index is 0.781. The van der Waals surface area contributed by atoms with E-state index < -0.39 is 0 Å². The Balaban J connectivity index is 1.54. The summed E-state index contributed by atoms with van der Waals surface area (Å²) in [6, 6.07) is 24.6. The van der Waals surface area contributed by atoms with Crippen LogP contribution in [0.4, 0.5) is 5.69 Å². The lowest BCUT2D eigenvalue weighted by Crippen LogP contribution is -1.99. The molecule has 0 unspecified atom stereocenters. The van der Waals surface area contributed by atoms with Gasteiger partial charge in [0.05, 0.1) is 5.69 Å². The molecule has 3 aromatic carbocycles. The molecule has 31 heavy (non-hydrogen) atoms. The number of ether oxygens (including phenoxy) is 1. The number of para-hydroxylation sites is 1. The molecule has 2 aliphatic rings. The van der Waals surface area contributed by atoms with E-state index in [0.29, 0.717) is 0 Å². The first-order valence-corrected chi connectivity index (χ1v) is 11.4. The maximum Gasteiger partial charge on any atom is 0.135 e. The number of hydrogen-bond donors (Lipinski definition) is 0. The van der Waals surface area contributed by atoms with E-state index >= 15 is 0 Å². The summed E-state index contributed by atoms with van der Waals surface area (Å²) in [7, 11) is 0. The summed E-state index contributed by atoms with van der Waals surface area (Å²) in [5.41, 5.74) is 6.46. The minimum atomic E-state index is 0.781. The molecule has 2 nitrogen and oxygen atoms in total. The highest BCUT2D eigenvalue weighted by Gasteiger charge is 2.15. The highest BCUT2D eigenvalue weighted by atomic mass is 79.9. The Bertz CT molecular complexity index is 1290. The third kappa shape index (κ3) is 4.41. The fourth-order valence-electron chi connectivity index (χ4n) is 3.51. The van der Waals surface area contributed by atoms with Gasteiger partial charge in [0.2, 0.25) is 0 Å². The van der Waals surface area contributed by atoms with E-state index in [1.165, 1.54) is 0 Å². The molecule has 0 aromatic heterocycles. The number of fused-ring (bicyclic) bond motifs is 1. The average molecular weight is 531 g/mol. The van der Waals surface area contributed by atoms with Crippen molar-refractivity contribution in [2.75, 3.05) is 0 Å². The van der Waals surface area contributed by atoms with Crippen LogP contribution >= 0.6 is 31.9 Å². The van der Waals surface area contributed by atoms with Gasteiger partial charge in [0.25, 0.3) is 0 Å². The van der Waals surface area contributed by atoms with Gasteiger partial charge in [0.15, 0.2) is 0 Å². The van der Waals surface area contributed by atoms with E-state index in [1.807, 2.05) is 42.6 Å². The van der Waals surface area contributed by atoms with Crippen molar-refractivity contribution >= 4 is 60.7 Å². The normalized spacial score (nSPS) is 17.4. The molecule has 150 valence electrons. The molecule has 0 atom stereocenters. The monoisotopic (exact) mass is 529 g/mol. The summed E-state index contributed by atoms with van der Waals surface area (Å²) in [6.45, 7) is 0. The SMILES string of the molecule is Brc1ccc(C2=CC(=CC=C3C=Nc4ccccc43)OC(c3ccc(Br)cc3)=C2)cc1. The van der Waals surface area contributed by atoms with Gasteiger partial charge in [-0.3, -0.25) is 4.99 Å². The smallest absolute Gasteiger partial charge is 0.135 e. The van der Waals surface area contributed by atoms with Crippen molar-refractivity contribution in [3.63, 3.8) is 0 Å². The van der Waals surface area contributed by atoms with Gasteiger partial charge >= 0.3 is 0 Å². The molecule has 3 aromatic rings. The van der Waals surface area contributed by atoms with Crippen molar-refractivity contribution in [1.82, 2.24) is 0 Å². The van der Waals surface area contributed by atoms with Crippen molar-refractivity contribution in [2.24, 2.45) is 4.99 Å². The first-order chi connectivity index (χ1) is 15.2. The molecule has 0 saturated heterocycles. The first kappa shape index (κ1) is 20.0. The van der Waals surface area contributed by atoms with Crippen molar-refractivity contribution in [3.8, 4) is 0 Å². The summed E-state index contributed by atoms with van der Waals surface area (Å²) < 4.78 is 8.36. The molecule has 0 radical (unpaired) electrons.